The number of aromatic nitrogens is 1. The number of rotatable bonds is 4. The third-order valence-electron chi connectivity index (χ3n) is 5.10. The number of hydrogen-bond donors (Lipinski definition) is 1. The highest BCUT2D eigenvalue weighted by atomic mass is 19.4. The molecule has 2 aromatic carbocycles. The Balaban J connectivity index is 1.57. The summed E-state index contributed by atoms with van der Waals surface area (Å²) >= 11 is 0. The van der Waals surface area contributed by atoms with Gasteiger partial charge in [-0.3, -0.25) is 4.79 Å². The summed E-state index contributed by atoms with van der Waals surface area (Å²) < 4.78 is 46.7. The van der Waals surface area contributed by atoms with Crippen molar-refractivity contribution in [1.82, 2.24) is 4.98 Å². The fraction of sp³-hybridized carbons (Fsp3) is 0.261. The van der Waals surface area contributed by atoms with Gasteiger partial charge in [0.05, 0.1) is 0 Å². The minimum atomic E-state index is -4.76. The first-order valence-electron chi connectivity index (χ1n) is 9.69. The minimum Gasteiger partial charge on any atom is -0.457 e. The first-order valence-corrected chi connectivity index (χ1v) is 9.69. The molecule has 30 heavy (non-hydrogen) atoms. The van der Waals surface area contributed by atoms with Crippen LogP contribution in [0.3, 0.4) is 0 Å². The van der Waals surface area contributed by atoms with Gasteiger partial charge in [-0.1, -0.05) is 18.2 Å². The molecular weight excluding hydrogens is 395 g/mol. The zero-order chi connectivity index (χ0) is 21.3. The summed E-state index contributed by atoms with van der Waals surface area (Å²) in [7, 11) is 0. The van der Waals surface area contributed by atoms with Crippen LogP contribution in [0.4, 0.5) is 13.2 Å². The summed E-state index contributed by atoms with van der Waals surface area (Å²) in [6.45, 7) is 1.89. The van der Waals surface area contributed by atoms with Gasteiger partial charge in [0.15, 0.2) is 5.43 Å². The summed E-state index contributed by atoms with van der Waals surface area (Å²) in [6.07, 6.45) is -0.976. The lowest BCUT2D eigenvalue weighted by atomic mass is 9.91. The highest BCUT2D eigenvalue weighted by Gasteiger charge is 2.31. The van der Waals surface area contributed by atoms with E-state index in [0.717, 1.165) is 48.2 Å². The van der Waals surface area contributed by atoms with E-state index >= 15 is 0 Å². The van der Waals surface area contributed by atoms with Crippen molar-refractivity contribution in [3.05, 3.63) is 75.7 Å². The van der Waals surface area contributed by atoms with Crippen molar-refractivity contribution in [2.24, 2.45) is 0 Å². The number of alkyl halides is 3. The molecule has 0 saturated carbocycles. The van der Waals surface area contributed by atoms with Crippen molar-refractivity contribution in [2.45, 2.75) is 39.0 Å². The summed E-state index contributed by atoms with van der Waals surface area (Å²) in [5, 5.41) is 0. The molecule has 1 aliphatic carbocycles. The van der Waals surface area contributed by atoms with Gasteiger partial charge in [-0.2, -0.15) is 0 Å². The maximum absolute atomic E-state index is 13.0. The molecule has 4 nitrogen and oxygen atoms in total. The lowest BCUT2D eigenvalue weighted by molar-refractivity contribution is -0.274. The topological polar surface area (TPSA) is 51.3 Å². The second-order valence-electron chi connectivity index (χ2n) is 7.27. The number of aromatic amines is 1. The van der Waals surface area contributed by atoms with Gasteiger partial charge in [0.2, 0.25) is 0 Å². The molecule has 0 saturated heterocycles. The number of halogens is 3. The van der Waals surface area contributed by atoms with E-state index in [9.17, 15) is 18.0 Å². The summed E-state index contributed by atoms with van der Waals surface area (Å²) in [4.78, 5) is 16.4. The normalized spacial score (nSPS) is 13.6. The zero-order valence-corrected chi connectivity index (χ0v) is 16.3. The number of aryl methyl sites for hydroxylation is 2. The molecule has 3 aromatic rings. The number of nitrogens with one attached hydrogen (secondary N) is 1. The Kier molecular flexibility index (Phi) is 5.28. The molecule has 0 bridgehead atoms. The van der Waals surface area contributed by atoms with Crippen molar-refractivity contribution in [3.63, 3.8) is 0 Å². The molecule has 1 heterocycles. The monoisotopic (exact) mass is 415 g/mol. The Bertz CT molecular complexity index is 1120. The van der Waals surface area contributed by atoms with E-state index in [1.54, 1.807) is 24.3 Å². The lowest BCUT2D eigenvalue weighted by Crippen LogP contribution is -2.21. The van der Waals surface area contributed by atoms with Gasteiger partial charge in [-0.15, -0.1) is 13.2 Å². The van der Waals surface area contributed by atoms with Crippen LogP contribution in [-0.2, 0) is 12.8 Å². The molecule has 0 spiro atoms. The van der Waals surface area contributed by atoms with Crippen molar-refractivity contribution < 1.29 is 22.6 Å². The van der Waals surface area contributed by atoms with Crippen LogP contribution in [0.5, 0.6) is 17.2 Å². The highest BCUT2D eigenvalue weighted by Crippen LogP contribution is 2.30. The van der Waals surface area contributed by atoms with Crippen molar-refractivity contribution >= 4 is 0 Å². The number of benzene rings is 2. The van der Waals surface area contributed by atoms with Gasteiger partial charge >= 0.3 is 6.36 Å². The zero-order valence-electron chi connectivity index (χ0n) is 16.3. The van der Waals surface area contributed by atoms with Crippen LogP contribution < -0.4 is 14.9 Å². The third kappa shape index (κ3) is 4.35. The van der Waals surface area contributed by atoms with E-state index < -0.39 is 6.36 Å². The standard InChI is InChI=1S/C23H20F3NO3/c1-14-21(22(28)19-7-2-3-8-20(19)27-14)15-9-11-16(12-10-15)29-17-5-4-6-18(13-17)30-23(24,25)26/h4-6,9-13H,2-3,7-8H2,1H3,(H,27,28). The highest BCUT2D eigenvalue weighted by molar-refractivity contribution is 5.67. The molecule has 0 amide bonds. The molecule has 1 N–H and O–H groups in total. The van der Waals surface area contributed by atoms with Crippen molar-refractivity contribution in [2.75, 3.05) is 0 Å². The average Bonchev–Trinajstić information content (AvgIpc) is 2.68. The summed E-state index contributed by atoms with van der Waals surface area (Å²) in [5.41, 5.74) is 4.20. The minimum absolute atomic E-state index is 0.0617. The molecule has 0 aliphatic heterocycles. The van der Waals surface area contributed by atoms with Crippen molar-refractivity contribution in [3.8, 4) is 28.4 Å². The van der Waals surface area contributed by atoms with Crippen LogP contribution in [0, 0.1) is 6.92 Å². The predicted octanol–water partition coefficient (Wildman–Crippen LogP) is 5.92. The number of ether oxygens (including phenoxy) is 2. The molecule has 4 rings (SSSR count). The Morgan fingerprint density at radius 1 is 0.933 bits per heavy atom. The third-order valence-corrected chi connectivity index (χ3v) is 5.10. The van der Waals surface area contributed by atoms with E-state index in [4.69, 9.17) is 4.74 Å². The molecule has 156 valence electrons. The quantitative estimate of drug-likeness (QED) is 0.575. The SMILES string of the molecule is Cc1[nH]c2c(c(=O)c1-c1ccc(Oc3cccc(OC(F)(F)F)c3)cc1)CCCC2. The van der Waals surface area contributed by atoms with Gasteiger partial charge in [0.25, 0.3) is 0 Å². The van der Waals surface area contributed by atoms with Crippen LogP contribution in [0.15, 0.2) is 53.3 Å². The second kappa shape index (κ2) is 7.89. The average molecular weight is 415 g/mol. The number of pyridine rings is 1. The molecular formula is C23H20F3NO3. The van der Waals surface area contributed by atoms with Crippen LogP contribution >= 0.6 is 0 Å². The van der Waals surface area contributed by atoms with Crippen LogP contribution in [0.2, 0.25) is 0 Å². The number of H-pyrrole nitrogens is 1. The fourth-order valence-corrected chi connectivity index (χ4v) is 3.81. The number of hydrogen-bond acceptors (Lipinski definition) is 3. The van der Waals surface area contributed by atoms with Gasteiger partial charge < -0.3 is 14.5 Å². The van der Waals surface area contributed by atoms with Gasteiger partial charge in [0.1, 0.15) is 17.2 Å². The van der Waals surface area contributed by atoms with Crippen LogP contribution in [-0.4, -0.2) is 11.3 Å². The molecule has 7 heteroatoms. The predicted molar refractivity (Wildman–Crippen MR) is 107 cm³/mol. The molecule has 1 aromatic heterocycles. The Labute approximate surface area is 171 Å². The van der Waals surface area contributed by atoms with Crippen LogP contribution in [0.25, 0.3) is 11.1 Å². The molecule has 0 radical (unpaired) electrons. The maximum Gasteiger partial charge on any atom is 0.573 e. The summed E-state index contributed by atoms with van der Waals surface area (Å²) in [6, 6.07) is 12.2. The first kappa shape index (κ1) is 20.1. The van der Waals surface area contributed by atoms with Crippen LogP contribution in [0.1, 0.15) is 29.8 Å². The van der Waals surface area contributed by atoms with Gasteiger partial charge in [-0.05, 0) is 62.4 Å². The van der Waals surface area contributed by atoms with E-state index in [-0.39, 0.29) is 16.9 Å². The summed E-state index contributed by atoms with van der Waals surface area (Å²) in [5.74, 6) is 0.301. The molecule has 1 aliphatic rings. The van der Waals surface area contributed by atoms with Gasteiger partial charge in [0, 0.05) is 28.6 Å². The molecule has 0 atom stereocenters. The van der Waals surface area contributed by atoms with E-state index in [2.05, 4.69) is 9.72 Å². The lowest BCUT2D eigenvalue weighted by Gasteiger charge is -2.18. The maximum atomic E-state index is 13.0. The Hall–Kier alpha value is -3.22. The van der Waals surface area contributed by atoms with E-state index in [0.29, 0.717) is 11.3 Å². The smallest absolute Gasteiger partial charge is 0.457 e. The Morgan fingerprint density at radius 3 is 2.37 bits per heavy atom. The van der Waals surface area contributed by atoms with E-state index in [1.165, 1.54) is 24.3 Å². The number of fused-ring (bicyclic) bond motifs is 1. The fourth-order valence-electron chi connectivity index (χ4n) is 3.81. The second-order valence-corrected chi connectivity index (χ2v) is 7.27. The molecule has 0 fully saturated rings. The van der Waals surface area contributed by atoms with E-state index in [1.807, 2.05) is 6.92 Å². The Morgan fingerprint density at radius 2 is 1.63 bits per heavy atom. The largest absolute Gasteiger partial charge is 0.573 e. The van der Waals surface area contributed by atoms with Gasteiger partial charge in [-0.25, -0.2) is 0 Å². The van der Waals surface area contributed by atoms with Crippen molar-refractivity contribution in [1.29, 1.82) is 0 Å². The first-order chi connectivity index (χ1) is 14.3. The molecule has 0 unspecified atom stereocenters.